The maximum atomic E-state index is 8.58. The molecule has 0 atom stereocenters. The van der Waals surface area contributed by atoms with E-state index in [1.54, 1.807) is 0 Å². The lowest BCUT2D eigenvalue weighted by Gasteiger charge is -2.04. The topological polar surface area (TPSA) is 47.5 Å². The summed E-state index contributed by atoms with van der Waals surface area (Å²) in [6.45, 7) is 0. The number of benzene rings is 1. The van der Waals surface area contributed by atoms with E-state index in [-0.39, 0.29) is 6.41 Å². The molecular formula is C15H13BrN2O. The number of nitrogens with zero attached hydrogens (tertiary/aromatic N) is 1. The van der Waals surface area contributed by atoms with Crippen LogP contribution in [0.3, 0.4) is 0 Å². The molecule has 0 saturated carbocycles. The number of carbonyl (C=O) groups excluding carboxylic acids is 1. The predicted molar refractivity (Wildman–Crippen MR) is 80.8 cm³/mol. The summed E-state index contributed by atoms with van der Waals surface area (Å²) in [5.74, 6) is 0. The molecule has 0 aliphatic heterocycles. The summed E-state index contributed by atoms with van der Waals surface area (Å²) in [6, 6.07) is 18.8. The van der Waals surface area contributed by atoms with Crippen LogP contribution in [0.2, 0.25) is 0 Å². The Kier molecular flexibility index (Phi) is 4.36. The van der Waals surface area contributed by atoms with Gasteiger partial charge in [0.15, 0.2) is 0 Å². The minimum absolute atomic E-state index is 0.250. The van der Waals surface area contributed by atoms with Crippen LogP contribution in [0, 0.1) is 0 Å². The molecule has 3 nitrogen and oxygen atoms in total. The van der Waals surface area contributed by atoms with E-state index in [1.165, 1.54) is 16.8 Å². The Morgan fingerprint density at radius 1 is 1.00 bits per heavy atom. The molecule has 96 valence electrons. The van der Waals surface area contributed by atoms with E-state index in [0.29, 0.717) is 0 Å². The van der Waals surface area contributed by atoms with Crippen LogP contribution in [0.5, 0.6) is 0 Å². The molecule has 2 N–H and O–H groups in total. The van der Waals surface area contributed by atoms with Gasteiger partial charge in [-0.25, -0.2) is 0 Å². The number of halogens is 1. The van der Waals surface area contributed by atoms with Crippen molar-refractivity contribution in [1.29, 1.82) is 0 Å². The summed E-state index contributed by atoms with van der Waals surface area (Å²) >= 11 is 3.59. The fourth-order valence-corrected chi connectivity index (χ4v) is 2.43. The highest BCUT2D eigenvalue weighted by Crippen LogP contribution is 2.29. The second-order valence-electron chi connectivity index (χ2n) is 3.83. The summed E-state index contributed by atoms with van der Waals surface area (Å²) in [6.07, 6.45) is 2.34. The van der Waals surface area contributed by atoms with E-state index < -0.39 is 0 Å². The number of hydrogen-bond acceptors (Lipinski definition) is 1. The molecule has 19 heavy (non-hydrogen) atoms. The second-order valence-corrected chi connectivity index (χ2v) is 4.68. The standard InChI is InChI=1S/C14H10BrN.CH3NO/c15-13-7-2-1-6-12(13)14-9-8-11-5-3-4-10-16(11)14;2-1-3/h1-10H;1H,(H2,2,3). The molecular weight excluding hydrogens is 304 g/mol. The maximum absolute atomic E-state index is 8.58. The minimum Gasteiger partial charge on any atom is -0.372 e. The van der Waals surface area contributed by atoms with Gasteiger partial charge in [0.2, 0.25) is 6.41 Å². The van der Waals surface area contributed by atoms with Crippen LogP contribution in [-0.2, 0) is 4.79 Å². The van der Waals surface area contributed by atoms with Crippen molar-refractivity contribution in [1.82, 2.24) is 4.40 Å². The molecule has 3 aromatic rings. The maximum Gasteiger partial charge on any atom is 0.204 e. The highest BCUT2D eigenvalue weighted by Gasteiger charge is 2.06. The van der Waals surface area contributed by atoms with Crippen LogP contribution in [0.1, 0.15) is 0 Å². The van der Waals surface area contributed by atoms with Gasteiger partial charge in [0.1, 0.15) is 0 Å². The smallest absolute Gasteiger partial charge is 0.204 e. The number of nitrogens with two attached hydrogens (primary N) is 1. The highest BCUT2D eigenvalue weighted by molar-refractivity contribution is 9.10. The van der Waals surface area contributed by atoms with Gasteiger partial charge in [0.05, 0.1) is 5.69 Å². The van der Waals surface area contributed by atoms with Gasteiger partial charge in [0, 0.05) is 21.7 Å². The number of fused-ring (bicyclic) bond motifs is 1. The molecule has 0 fully saturated rings. The van der Waals surface area contributed by atoms with E-state index in [1.807, 2.05) is 12.1 Å². The molecule has 0 aliphatic carbocycles. The van der Waals surface area contributed by atoms with Crippen LogP contribution >= 0.6 is 15.9 Å². The van der Waals surface area contributed by atoms with Crippen molar-refractivity contribution in [2.75, 3.05) is 0 Å². The van der Waals surface area contributed by atoms with Gasteiger partial charge in [-0.2, -0.15) is 0 Å². The number of aromatic nitrogens is 1. The third-order valence-corrected chi connectivity index (χ3v) is 3.40. The lowest BCUT2D eigenvalue weighted by molar-refractivity contribution is -0.106. The van der Waals surface area contributed by atoms with E-state index in [2.05, 4.69) is 74.7 Å². The largest absolute Gasteiger partial charge is 0.372 e. The first kappa shape index (κ1) is 13.4. The lowest BCUT2D eigenvalue weighted by atomic mass is 10.1. The minimum atomic E-state index is 0.250. The van der Waals surface area contributed by atoms with Gasteiger partial charge >= 0.3 is 0 Å². The first-order valence-corrected chi connectivity index (χ1v) is 6.53. The summed E-state index contributed by atoms with van der Waals surface area (Å²) in [4.78, 5) is 8.58. The molecule has 2 aromatic heterocycles. The van der Waals surface area contributed by atoms with Gasteiger partial charge < -0.3 is 10.1 Å². The van der Waals surface area contributed by atoms with Crippen molar-refractivity contribution in [3.63, 3.8) is 0 Å². The Hall–Kier alpha value is -2.07. The number of rotatable bonds is 1. The van der Waals surface area contributed by atoms with Crippen LogP contribution in [0.4, 0.5) is 0 Å². The molecule has 1 aromatic carbocycles. The Labute approximate surface area is 119 Å². The number of pyridine rings is 1. The summed E-state index contributed by atoms with van der Waals surface area (Å²) in [5, 5.41) is 0. The molecule has 0 bridgehead atoms. The van der Waals surface area contributed by atoms with Crippen LogP contribution in [0.25, 0.3) is 16.8 Å². The van der Waals surface area contributed by atoms with Gasteiger partial charge in [0.25, 0.3) is 0 Å². The number of amides is 1. The number of hydrogen-bond donors (Lipinski definition) is 1. The van der Waals surface area contributed by atoms with Crippen LogP contribution in [-0.4, -0.2) is 10.8 Å². The zero-order valence-electron chi connectivity index (χ0n) is 10.2. The van der Waals surface area contributed by atoms with Crippen LogP contribution in [0.15, 0.2) is 65.3 Å². The van der Waals surface area contributed by atoms with E-state index in [9.17, 15) is 0 Å². The molecule has 0 radical (unpaired) electrons. The Morgan fingerprint density at radius 2 is 1.68 bits per heavy atom. The molecule has 0 unspecified atom stereocenters. The molecule has 3 rings (SSSR count). The van der Waals surface area contributed by atoms with Gasteiger partial charge in [-0.3, -0.25) is 4.79 Å². The highest BCUT2D eigenvalue weighted by atomic mass is 79.9. The van der Waals surface area contributed by atoms with Crippen molar-refractivity contribution >= 4 is 27.9 Å². The summed E-state index contributed by atoms with van der Waals surface area (Å²) in [5.41, 5.74) is 7.81. The van der Waals surface area contributed by atoms with E-state index in [0.717, 1.165) is 4.47 Å². The van der Waals surface area contributed by atoms with Crippen molar-refractivity contribution in [3.8, 4) is 11.3 Å². The number of primary amides is 1. The molecule has 2 heterocycles. The molecule has 0 aliphatic rings. The zero-order chi connectivity index (χ0) is 13.7. The third kappa shape index (κ3) is 2.85. The van der Waals surface area contributed by atoms with E-state index >= 15 is 0 Å². The van der Waals surface area contributed by atoms with Crippen molar-refractivity contribution in [2.45, 2.75) is 0 Å². The quantitative estimate of drug-likeness (QED) is 0.686. The summed E-state index contributed by atoms with van der Waals surface area (Å²) in [7, 11) is 0. The van der Waals surface area contributed by atoms with Crippen LogP contribution < -0.4 is 5.73 Å². The monoisotopic (exact) mass is 316 g/mol. The SMILES string of the molecule is Brc1ccccc1-c1ccc2ccccn12.NC=O. The normalized spacial score (nSPS) is 9.74. The Bertz CT molecular complexity index is 691. The van der Waals surface area contributed by atoms with Crippen molar-refractivity contribution in [3.05, 3.63) is 65.3 Å². The third-order valence-electron chi connectivity index (χ3n) is 2.71. The molecule has 1 amide bonds. The fourth-order valence-electron chi connectivity index (χ4n) is 1.94. The van der Waals surface area contributed by atoms with Crippen molar-refractivity contribution < 1.29 is 4.79 Å². The first-order valence-electron chi connectivity index (χ1n) is 5.74. The Balaban J connectivity index is 0.000000408. The zero-order valence-corrected chi connectivity index (χ0v) is 11.7. The molecule has 0 spiro atoms. The average Bonchev–Trinajstić information content (AvgIpc) is 2.84. The first-order chi connectivity index (χ1) is 9.27. The van der Waals surface area contributed by atoms with E-state index in [4.69, 9.17) is 4.79 Å². The summed E-state index contributed by atoms with van der Waals surface area (Å²) < 4.78 is 3.32. The van der Waals surface area contributed by atoms with Gasteiger partial charge in [-0.1, -0.05) is 40.2 Å². The number of carbonyl (C=O) groups is 1. The Morgan fingerprint density at radius 3 is 2.42 bits per heavy atom. The second kappa shape index (κ2) is 6.20. The molecule has 4 heteroatoms. The van der Waals surface area contributed by atoms with Gasteiger partial charge in [-0.15, -0.1) is 0 Å². The average molecular weight is 317 g/mol. The lowest BCUT2D eigenvalue weighted by Crippen LogP contribution is -1.87. The predicted octanol–water partition coefficient (Wildman–Crippen LogP) is 3.47. The van der Waals surface area contributed by atoms with Gasteiger partial charge in [-0.05, 0) is 30.3 Å². The molecule has 0 saturated heterocycles. The van der Waals surface area contributed by atoms with Crippen molar-refractivity contribution in [2.24, 2.45) is 5.73 Å². The fraction of sp³-hybridized carbons (Fsp3) is 0.